The predicted molar refractivity (Wildman–Crippen MR) is 140 cm³/mol. The Morgan fingerprint density at radius 2 is 1.97 bits per heavy atom. The van der Waals surface area contributed by atoms with Crippen molar-refractivity contribution in [2.45, 2.75) is 45.4 Å². The molecule has 0 fully saturated rings. The van der Waals surface area contributed by atoms with Crippen molar-refractivity contribution in [3.8, 4) is 0 Å². The second-order valence-corrected chi connectivity index (χ2v) is 9.54. The lowest BCUT2D eigenvalue weighted by molar-refractivity contribution is -0.116. The number of carbonyl (C=O) groups excluding carboxylic acids is 2. The topological polar surface area (TPSA) is 108 Å². The van der Waals surface area contributed by atoms with Gasteiger partial charge in [0.2, 0.25) is 11.9 Å². The third-order valence-electron chi connectivity index (χ3n) is 5.96. The number of aromatic nitrogens is 2. The first-order valence-corrected chi connectivity index (χ1v) is 12.0. The molecule has 0 saturated heterocycles. The van der Waals surface area contributed by atoms with Crippen LogP contribution in [0.1, 0.15) is 56.0 Å². The maximum absolute atomic E-state index is 12.6. The minimum atomic E-state index is -0.168. The van der Waals surface area contributed by atoms with E-state index < -0.39 is 0 Å². The zero-order chi connectivity index (χ0) is 25.0. The molecule has 0 bridgehead atoms. The van der Waals surface area contributed by atoms with Crippen molar-refractivity contribution in [1.29, 1.82) is 0 Å². The first-order chi connectivity index (χ1) is 16.8. The molecule has 0 saturated carbocycles. The first kappa shape index (κ1) is 24.5. The third-order valence-corrected chi connectivity index (χ3v) is 6.24. The summed E-state index contributed by atoms with van der Waals surface area (Å²) >= 11 is 6.37. The van der Waals surface area contributed by atoms with Crippen LogP contribution in [0.25, 0.3) is 0 Å². The van der Waals surface area contributed by atoms with Crippen LogP contribution in [0.4, 0.5) is 28.8 Å². The van der Waals surface area contributed by atoms with E-state index in [4.69, 9.17) is 11.6 Å². The molecule has 4 N–H and O–H groups in total. The van der Waals surface area contributed by atoms with Crippen molar-refractivity contribution in [2.75, 3.05) is 22.5 Å². The summed E-state index contributed by atoms with van der Waals surface area (Å²) in [7, 11) is 0. The minimum absolute atomic E-state index is 0.0259. The lowest BCUT2D eigenvalue weighted by Gasteiger charge is -2.25. The van der Waals surface area contributed by atoms with E-state index >= 15 is 0 Å². The van der Waals surface area contributed by atoms with Gasteiger partial charge >= 0.3 is 0 Å². The highest BCUT2D eigenvalue weighted by Gasteiger charge is 2.28. The average Bonchev–Trinajstić information content (AvgIpc) is 2.95. The van der Waals surface area contributed by atoms with Crippen LogP contribution in [0.2, 0.25) is 5.02 Å². The molecule has 0 atom stereocenters. The number of anilines is 5. The normalized spacial score (nSPS) is 14.3. The molecule has 0 radical (unpaired) electrons. The SMILES string of the molecule is CCCNC(=O)c1ccccc1Nc1nc(Nc2ccc3c(c2)C(C)(C)CCC(=O)N3)ncc1Cl. The van der Waals surface area contributed by atoms with E-state index in [1.807, 2.05) is 37.3 Å². The van der Waals surface area contributed by atoms with Gasteiger partial charge < -0.3 is 21.3 Å². The molecular weight excluding hydrogens is 464 g/mol. The van der Waals surface area contributed by atoms with Crippen LogP contribution in [-0.2, 0) is 10.2 Å². The van der Waals surface area contributed by atoms with Gasteiger partial charge in [0.05, 0.1) is 17.4 Å². The van der Waals surface area contributed by atoms with Gasteiger partial charge in [0, 0.05) is 24.3 Å². The van der Waals surface area contributed by atoms with Crippen LogP contribution < -0.4 is 21.3 Å². The van der Waals surface area contributed by atoms with E-state index in [0.29, 0.717) is 41.0 Å². The second-order valence-electron chi connectivity index (χ2n) is 9.13. The Balaban J connectivity index is 1.59. The Morgan fingerprint density at radius 3 is 2.77 bits per heavy atom. The largest absolute Gasteiger partial charge is 0.352 e. The molecule has 2 heterocycles. The fraction of sp³-hybridized carbons (Fsp3) is 0.308. The number of nitrogens with zero attached hydrogens (tertiary/aromatic N) is 2. The van der Waals surface area contributed by atoms with Gasteiger partial charge in [-0.05, 0) is 54.2 Å². The van der Waals surface area contributed by atoms with Crippen molar-refractivity contribution >= 4 is 52.2 Å². The van der Waals surface area contributed by atoms with E-state index in [2.05, 4.69) is 45.1 Å². The molecular formula is C26H29ClN6O2. The molecule has 0 spiro atoms. The van der Waals surface area contributed by atoms with E-state index in [1.165, 1.54) is 6.20 Å². The fourth-order valence-corrected chi connectivity index (χ4v) is 4.10. The Bertz CT molecular complexity index is 1260. The van der Waals surface area contributed by atoms with Gasteiger partial charge in [-0.25, -0.2) is 4.98 Å². The van der Waals surface area contributed by atoms with Gasteiger partial charge in [-0.1, -0.05) is 44.5 Å². The third kappa shape index (κ3) is 5.71. The van der Waals surface area contributed by atoms with Gasteiger partial charge in [-0.3, -0.25) is 9.59 Å². The molecule has 1 aliphatic heterocycles. The minimum Gasteiger partial charge on any atom is -0.352 e. The van der Waals surface area contributed by atoms with Crippen molar-refractivity contribution in [1.82, 2.24) is 15.3 Å². The van der Waals surface area contributed by atoms with Crippen molar-refractivity contribution < 1.29 is 9.59 Å². The van der Waals surface area contributed by atoms with Gasteiger partial charge in [0.25, 0.3) is 5.91 Å². The van der Waals surface area contributed by atoms with Crippen LogP contribution in [0.5, 0.6) is 0 Å². The number of benzene rings is 2. The fourth-order valence-electron chi connectivity index (χ4n) is 3.96. The molecule has 35 heavy (non-hydrogen) atoms. The average molecular weight is 493 g/mol. The maximum atomic E-state index is 12.6. The number of amides is 2. The quantitative estimate of drug-likeness (QED) is 0.333. The number of hydrogen-bond acceptors (Lipinski definition) is 6. The summed E-state index contributed by atoms with van der Waals surface area (Å²) in [5.74, 6) is 0.582. The summed E-state index contributed by atoms with van der Waals surface area (Å²) in [6, 6.07) is 13.0. The molecule has 1 aromatic heterocycles. The summed E-state index contributed by atoms with van der Waals surface area (Å²) in [5, 5.41) is 12.6. The smallest absolute Gasteiger partial charge is 0.253 e. The maximum Gasteiger partial charge on any atom is 0.253 e. The number of carbonyl (C=O) groups is 2. The molecule has 8 nitrogen and oxygen atoms in total. The van der Waals surface area contributed by atoms with Crippen molar-refractivity contribution in [2.24, 2.45) is 0 Å². The van der Waals surface area contributed by atoms with Crippen LogP contribution in [0.15, 0.2) is 48.7 Å². The summed E-state index contributed by atoms with van der Waals surface area (Å²) in [4.78, 5) is 33.5. The monoisotopic (exact) mass is 492 g/mol. The van der Waals surface area contributed by atoms with Crippen LogP contribution in [0, 0.1) is 0 Å². The van der Waals surface area contributed by atoms with Crippen LogP contribution in [-0.4, -0.2) is 28.3 Å². The molecule has 1 aliphatic rings. The molecule has 4 rings (SSSR count). The Hall–Kier alpha value is -3.65. The van der Waals surface area contributed by atoms with E-state index in [1.54, 1.807) is 12.1 Å². The summed E-state index contributed by atoms with van der Waals surface area (Å²) in [6.07, 6.45) is 3.59. The second kappa shape index (κ2) is 10.3. The number of nitrogens with one attached hydrogen (secondary N) is 4. The van der Waals surface area contributed by atoms with Crippen LogP contribution in [0.3, 0.4) is 0 Å². The number of rotatable bonds is 7. The summed E-state index contributed by atoms with van der Waals surface area (Å²) < 4.78 is 0. The molecule has 0 unspecified atom stereocenters. The number of fused-ring (bicyclic) bond motifs is 1. The number of halogens is 1. The Labute approximate surface area is 209 Å². The predicted octanol–water partition coefficient (Wildman–Crippen LogP) is 5.77. The van der Waals surface area contributed by atoms with Gasteiger partial charge in [-0.15, -0.1) is 0 Å². The summed E-state index contributed by atoms with van der Waals surface area (Å²) in [6.45, 7) is 6.85. The zero-order valence-electron chi connectivity index (χ0n) is 20.0. The highest BCUT2D eigenvalue weighted by Crippen LogP contribution is 2.38. The molecule has 2 aromatic carbocycles. The molecule has 3 aromatic rings. The van der Waals surface area contributed by atoms with E-state index in [-0.39, 0.29) is 17.2 Å². The van der Waals surface area contributed by atoms with Crippen molar-refractivity contribution in [3.05, 3.63) is 64.8 Å². The Morgan fingerprint density at radius 1 is 1.17 bits per heavy atom. The van der Waals surface area contributed by atoms with Gasteiger partial charge in [0.15, 0.2) is 5.82 Å². The van der Waals surface area contributed by atoms with Crippen molar-refractivity contribution in [3.63, 3.8) is 0 Å². The van der Waals surface area contributed by atoms with Gasteiger partial charge in [-0.2, -0.15) is 4.98 Å². The number of para-hydroxylation sites is 1. The highest BCUT2D eigenvalue weighted by atomic mass is 35.5. The lowest BCUT2D eigenvalue weighted by atomic mass is 9.80. The van der Waals surface area contributed by atoms with Gasteiger partial charge in [0.1, 0.15) is 5.02 Å². The van der Waals surface area contributed by atoms with E-state index in [0.717, 1.165) is 29.8 Å². The molecule has 2 amide bonds. The lowest BCUT2D eigenvalue weighted by Crippen LogP contribution is -2.24. The molecule has 9 heteroatoms. The highest BCUT2D eigenvalue weighted by molar-refractivity contribution is 6.33. The summed E-state index contributed by atoms with van der Waals surface area (Å²) in [5.41, 5.74) is 3.59. The molecule has 0 aliphatic carbocycles. The number of hydrogen-bond donors (Lipinski definition) is 4. The van der Waals surface area contributed by atoms with E-state index in [9.17, 15) is 9.59 Å². The van der Waals surface area contributed by atoms with Crippen LogP contribution >= 0.6 is 11.6 Å². The Kier molecular flexibility index (Phi) is 7.21. The molecule has 182 valence electrons. The zero-order valence-corrected chi connectivity index (χ0v) is 20.8. The first-order valence-electron chi connectivity index (χ1n) is 11.6. The standard InChI is InChI=1S/C26H29ClN6O2/c1-4-13-28-24(35)17-7-5-6-8-20(17)32-23-19(27)15-29-25(33-23)30-16-9-10-21-18(14-16)26(2,3)12-11-22(34)31-21/h5-10,14-15H,4,11-13H2,1-3H3,(H,28,35)(H,31,34)(H2,29,30,32,33).